The maximum Gasteiger partial charge on any atom is 0.227 e. The number of allylic oxidation sites excluding steroid dienone is 1. The van der Waals surface area contributed by atoms with Crippen molar-refractivity contribution in [2.45, 2.75) is 110 Å². The molecule has 0 radical (unpaired) electrons. The van der Waals surface area contributed by atoms with E-state index in [4.69, 9.17) is 16.0 Å². The molecule has 7 aromatic rings. The average molecular weight is 716 g/mol. The molecule has 1 aliphatic carbocycles. The standard InChI is InChI=1S/C48H49N3OS/c1-26-10-14-32-36(20-26)33-16-12-31-13-17-34-35-15-11-29(4)49-46(35)52-44(34)42(31)40-23-41-37(43-45(53-41)48(8,9)19-18-47(43,6)7)25-50(40)30(5)22-39(33)51-24-28(3)27(2)21-38(32)51/h10-11,13-15,17,20-21,23-25,33,39H,5,12,16,18-19,22H2,1-4,6-9H3/q+2. The third kappa shape index (κ3) is 4.82. The van der Waals surface area contributed by atoms with Gasteiger partial charge < -0.3 is 4.42 Å². The minimum atomic E-state index is 0.100. The number of furan rings is 1. The molecule has 3 aliphatic rings. The van der Waals surface area contributed by atoms with E-state index in [9.17, 15) is 0 Å². The molecular weight excluding hydrogens is 667 g/mol. The third-order valence-electron chi connectivity index (χ3n) is 13.2. The number of hydrogen-bond donors (Lipinski definition) is 0. The fourth-order valence-electron chi connectivity index (χ4n) is 10.0. The minimum Gasteiger partial charge on any atom is -0.437 e. The van der Waals surface area contributed by atoms with Crippen LogP contribution in [0, 0.1) is 27.7 Å². The second-order valence-electron chi connectivity index (χ2n) is 17.8. The van der Waals surface area contributed by atoms with E-state index < -0.39 is 0 Å². The fourth-order valence-corrected chi connectivity index (χ4v) is 11.5. The normalized spacial score (nSPS) is 20.0. The van der Waals surface area contributed by atoms with E-state index in [0.717, 1.165) is 47.0 Å². The van der Waals surface area contributed by atoms with E-state index in [2.05, 4.69) is 125 Å². The summed E-state index contributed by atoms with van der Waals surface area (Å²) in [7, 11) is 0. The van der Waals surface area contributed by atoms with E-state index in [0.29, 0.717) is 11.6 Å². The highest BCUT2D eigenvalue weighted by molar-refractivity contribution is 7.19. The van der Waals surface area contributed by atoms with Gasteiger partial charge in [0.15, 0.2) is 29.7 Å². The Hall–Kier alpha value is -4.61. The monoisotopic (exact) mass is 715 g/mol. The molecule has 0 N–H and O–H groups in total. The van der Waals surface area contributed by atoms with Crippen molar-refractivity contribution in [1.29, 1.82) is 0 Å². The van der Waals surface area contributed by atoms with Gasteiger partial charge in [0.25, 0.3) is 0 Å². The molecule has 4 nitrogen and oxygen atoms in total. The van der Waals surface area contributed by atoms with Crippen molar-refractivity contribution < 1.29 is 13.6 Å². The van der Waals surface area contributed by atoms with Crippen LogP contribution < -0.4 is 9.13 Å². The van der Waals surface area contributed by atoms with Crippen molar-refractivity contribution in [3.8, 4) is 22.5 Å². The largest absolute Gasteiger partial charge is 0.437 e. The van der Waals surface area contributed by atoms with Gasteiger partial charge in [-0.15, -0.1) is 11.3 Å². The van der Waals surface area contributed by atoms with Crippen molar-refractivity contribution in [2.75, 3.05) is 0 Å². The van der Waals surface area contributed by atoms with E-state index >= 15 is 0 Å². The van der Waals surface area contributed by atoms with Crippen LogP contribution in [-0.4, -0.2) is 4.98 Å². The Morgan fingerprint density at radius 1 is 0.830 bits per heavy atom. The molecule has 53 heavy (non-hydrogen) atoms. The zero-order valence-corrected chi connectivity index (χ0v) is 33.2. The van der Waals surface area contributed by atoms with Gasteiger partial charge in [0.2, 0.25) is 17.1 Å². The zero-order chi connectivity index (χ0) is 36.7. The molecule has 0 amide bonds. The van der Waals surface area contributed by atoms with Crippen LogP contribution in [-0.2, 0) is 17.3 Å². The van der Waals surface area contributed by atoms with Gasteiger partial charge in [-0.25, -0.2) is 4.98 Å². The van der Waals surface area contributed by atoms with E-state index in [1.165, 1.54) is 78.8 Å². The van der Waals surface area contributed by atoms with Crippen molar-refractivity contribution in [3.63, 3.8) is 0 Å². The Morgan fingerprint density at radius 2 is 1.62 bits per heavy atom. The van der Waals surface area contributed by atoms with Crippen molar-refractivity contribution in [2.24, 2.45) is 0 Å². The molecule has 10 rings (SSSR count). The molecule has 0 bridgehead atoms. The molecule has 266 valence electrons. The van der Waals surface area contributed by atoms with Crippen molar-refractivity contribution >= 4 is 49.2 Å². The van der Waals surface area contributed by atoms with E-state index in [1.54, 1.807) is 4.88 Å². The molecule has 2 aromatic carbocycles. The van der Waals surface area contributed by atoms with Crippen LogP contribution in [0.25, 0.3) is 60.4 Å². The molecule has 2 atom stereocenters. The summed E-state index contributed by atoms with van der Waals surface area (Å²) in [6, 6.07) is 21.2. The number of nitrogens with zero attached hydrogens (tertiary/aromatic N) is 3. The molecule has 0 spiro atoms. The van der Waals surface area contributed by atoms with Crippen LogP contribution in [0.2, 0.25) is 0 Å². The second kappa shape index (κ2) is 11.2. The topological polar surface area (TPSA) is 33.8 Å². The highest BCUT2D eigenvalue weighted by Gasteiger charge is 2.45. The zero-order valence-electron chi connectivity index (χ0n) is 32.4. The van der Waals surface area contributed by atoms with Crippen LogP contribution in [0.15, 0.2) is 78.0 Å². The van der Waals surface area contributed by atoms with Crippen LogP contribution in [0.5, 0.6) is 0 Å². The smallest absolute Gasteiger partial charge is 0.227 e. The lowest BCUT2D eigenvalue weighted by molar-refractivity contribution is -0.720. The number of aromatic nitrogens is 3. The lowest BCUT2D eigenvalue weighted by atomic mass is 9.66. The maximum atomic E-state index is 6.85. The second-order valence-corrected chi connectivity index (χ2v) is 18.8. The first-order valence-electron chi connectivity index (χ1n) is 19.5. The van der Waals surface area contributed by atoms with Gasteiger partial charge in [-0.05, 0) is 111 Å². The molecule has 0 fully saturated rings. The highest BCUT2D eigenvalue weighted by atomic mass is 32.1. The predicted octanol–water partition coefficient (Wildman–Crippen LogP) is 11.8. The summed E-state index contributed by atoms with van der Waals surface area (Å²) in [6.07, 6.45) is 10.1. The molecule has 5 aromatic heterocycles. The number of hydrogen-bond acceptors (Lipinski definition) is 3. The summed E-state index contributed by atoms with van der Waals surface area (Å²) < 4.78 is 13.3. The minimum absolute atomic E-state index is 0.100. The Bertz CT molecular complexity index is 2740. The summed E-state index contributed by atoms with van der Waals surface area (Å²) >= 11 is 2.01. The lowest BCUT2D eigenvalue weighted by Gasteiger charge is -2.39. The van der Waals surface area contributed by atoms with Crippen LogP contribution in [0.4, 0.5) is 0 Å². The number of rotatable bonds is 0. The van der Waals surface area contributed by atoms with Crippen LogP contribution >= 0.6 is 11.3 Å². The Morgan fingerprint density at radius 3 is 2.45 bits per heavy atom. The molecule has 0 saturated heterocycles. The van der Waals surface area contributed by atoms with Gasteiger partial charge in [-0.1, -0.05) is 57.5 Å². The molecule has 0 saturated carbocycles. The summed E-state index contributed by atoms with van der Waals surface area (Å²) in [4.78, 5) is 6.40. The van der Waals surface area contributed by atoms with Gasteiger partial charge in [0.1, 0.15) is 0 Å². The molecule has 5 heteroatoms. The lowest BCUT2D eigenvalue weighted by Crippen LogP contribution is -2.50. The van der Waals surface area contributed by atoms with E-state index in [1.807, 2.05) is 18.3 Å². The summed E-state index contributed by atoms with van der Waals surface area (Å²) in [5.41, 5.74) is 17.3. The Balaban J connectivity index is 1.28. The van der Waals surface area contributed by atoms with Gasteiger partial charge in [-0.2, -0.15) is 9.13 Å². The predicted molar refractivity (Wildman–Crippen MR) is 219 cm³/mol. The third-order valence-corrected chi connectivity index (χ3v) is 14.7. The average Bonchev–Trinajstić information content (AvgIpc) is 3.69. The molecular formula is C48H49N3OS+2. The molecule has 2 unspecified atom stereocenters. The SMILES string of the molecule is C=C1CC2C(CCc3ccc4c(oc5nc(C)ccc54)c3-c3cc4sc5c(c4c[n+]31)C(C)(C)CCC5(C)C)c1cc(C)ccc1-c1cc(C)c(C)c[n+]12. The van der Waals surface area contributed by atoms with Crippen molar-refractivity contribution in [1.82, 2.24) is 4.98 Å². The molecule has 7 heterocycles. The van der Waals surface area contributed by atoms with Gasteiger partial charge >= 0.3 is 0 Å². The van der Waals surface area contributed by atoms with Crippen LogP contribution in [0.1, 0.15) is 109 Å². The Labute approximate surface area is 316 Å². The van der Waals surface area contributed by atoms with Crippen molar-refractivity contribution in [3.05, 3.63) is 118 Å². The van der Waals surface area contributed by atoms with Gasteiger partial charge in [-0.3, -0.25) is 0 Å². The number of pyridine rings is 3. The first-order valence-corrected chi connectivity index (χ1v) is 20.3. The van der Waals surface area contributed by atoms with Gasteiger partial charge in [0, 0.05) is 55.2 Å². The summed E-state index contributed by atoms with van der Waals surface area (Å²) in [5.74, 6) is 0.323. The number of aryl methyl sites for hydroxylation is 5. The highest BCUT2D eigenvalue weighted by Crippen LogP contribution is 2.53. The fraction of sp³-hybridized carbons (Fsp3) is 0.354. The maximum absolute atomic E-state index is 6.85. The first kappa shape index (κ1) is 33.0. The van der Waals surface area contributed by atoms with Gasteiger partial charge in [0.05, 0.1) is 17.4 Å². The Kier molecular flexibility index (Phi) is 6.98. The molecule has 2 aliphatic heterocycles. The number of thiophene rings is 1. The quantitative estimate of drug-likeness (QED) is 0.147. The summed E-state index contributed by atoms with van der Waals surface area (Å²) in [5, 5.41) is 3.57. The number of fused-ring (bicyclic) bond motifs is 16. The first-order chi connectivity index (χ1) is 25.3. The van der Waals surface area contributed by atoms with Crippen LogP contribution in [0.3, 0.4) is 0 Å². The van der Waals surface area contributed by atoms with E-state index in [-0.39, 0.29) is 16.9 Å². The number of benzene rings is 2. The summed E-state index contributed by atoms with van der Waals surface area (Å²) in [6.45, 7) is 23.6.